The summed E-state index contributed by atoms with van der Waals surface area (Å²) in [5.41, 5.74) is 0. The van der Waals surface area contributed by atoms with Gasteiger partial charge < -0.3 is 20.1 Å². The van der Waals surface area contributed by atoms with Gasteiger partial charge >= 0.3 is 0 Å². The summed E-state index contributed by atoms with van der Waals surface area (Å²) in [7, 11) is 0. The van der Waals surface area contributed by atoms with Gasteiger partial charge in [0.15, 0.2) is 0 Å². The Morgan fingerprint density at radius 1 is 1.30 bits per heavy atom. The minimum atomic E-state index is -0.119. The first-order chi connectivity index (χ1) is 9.60. The Morgan fingerprint density at radius 2 is 2.00 bits per heavy atom. The van der Waals surface area contributed by atoms with Gasteiger partial charge in [0.2, 0.25) is 17.2 Å². The number of aliphatic hydroxyl groups is 1. The van der Waals surface area contributed by atoms with Crippen LogP contribution < -0.4 is 10.2 Å². The van der Waals surface area contributed by atoms with Crippen LogP contribution in [-0.2, 0) is 4.74 Å². The Bertz CT molecular complexity index is 440. The van der Waals surface area contributed by atoms with Crippen LogP contribution >= 0.6 is 11.6 Å². The van der Waals surface area contributed by atoms with Crippen LogP contribution in [0.1, 0.15) is 13.8 Å². The molecule has 0 aliphatic carbocycles. The van der Waals surface area contributed by atoms with Crippen molar-refractivity contribution in [2.75, 3.05) is 43.1 Å². The summed E-state index contributed by atoms with van der Waals surface area (Å²) in [6.45, 7) is 6.79. The van der Waals surface area contributed by atoms with Crippen molar-refractivity contribution in [1.82, 2.24) is 15.0 Å². The number of nitrogens with one attached hydrogen (secondary N) is 1. The van der Waals surface area contributed by atoms with E-state index in [1.165, 1.54) is 0 Å². The summed E-state index contributed by atoms with van der Waals surface area (Å²) >= 11 is 5.95. The molecule has 0 spiro atoms. The quantitative estimate of drug-likeness (QED) is 0.832. The Balaban J connectivity index is 2.15. The van der Waals surface area contributed by atoms with E-state index in [-0.39, 0.29) is 23.9 Å². The van der Waals surface area contributed by atoms with E-state index < -0.39 is 0 Å². The molecule has 1 aliphatic rings. The Morgan fingerprint density at radius 3 is 2.60 bits per heavy atom. The lowest BCUT2D eigenvalue weighted by Gasteiger charge is -2.27. The minimum Gasteiger partial charge on any atom is -0.394 e. The van der Waals surface area contributed by atoms with Gasteiger partial charge in [0.05, 0.1) is 25.9 Å². The van der Waals surface area contributed by atoms with Gasteiger partial charge in [-0.3, -0.25) is 0 Å². The lowest BCUT2D eigenvalue weighted by atomic mass is 10.1. The molecule has 0 bridgehead atoms. The van der Waals surface area contributed by atoms with Crippen LogP contribution in [0.3, 0.4) is 0 Å². The third-order valence-electron chi connectivity index (χ3n) is 3.21. The zero-order chi connectivity index (χ0) is 14.5. The average molecular weight is 302 g/mol. The van der Waals surface area contributed by atoms with Gasteiger partial charge in [-0.15, -0.1) is 0 Å². The number of anilines is 2. The number of hydrogen-bond donors (Lipinski definition) is 2. The fourth-order valence-corrected chi connectivity index (χ4v) is 2.05. The summed E-state index contributed by atoms with van der Waals surface area (Å²) in [4.78, 5) is 14.6. The third-order valence-corrected chi connectivity index (χ3v) is 3.38. The number of halogens is 1. The number of aromatic nitrogens is 3. The van der Waals surface area contributed by atoms with Crippen molar-refractivity contribution in [3.63, 3.8) is 0 Å². The van der Waals surface area contributed by atoms with Crippen LogP contribution in [0.25, 0.3) is 0 Å². The normalized spacial score (nSPS) is 17.4. The van der Waals surface area contributed by atoms with Crippen LogP contribution in [0.2, 0.25) is 5.28 Å². The number of rotatable bonds is 5. The maximum absolute atomic E-state index is 9.35. The molecule has 20 heavy (non-hydrogen) atoms. The SMILES string of the molecule is CC(C)C(CO)Nc1nc(Cl)nc(N2CCOCC2)n1. The molecule has 0 radical (unpaired) electrons. The lowest BCUT2D eigenvalue weighted by molar-refractivity contribution is 0.122. The van der Waals surface area contributed by atoms with E-state index in [1.807, 2.05) is 18.7 Å². The molecule has 1 aliphatic heterocycles. The van der Waals surface area contributed by atoms with Crippen molar-refractivity contribution in [3.05, 3.63) is 5.28 Å². The van der Waals surface area contributed by atoms with E-state index in [1.54, 1.807) is 0 Å². The highest BCUT2D eigenvalue weighted by atomic mass is 35.5. The third kappa shape index (κ3) is 3.91. The second-order valence-electron chi connectivity index (χ2n) is 5.00. The molecule has 2 rings (SSSR count). The molecule has 2 heterocycles. The fraction of sp³-hybridized carbons (Fsp3) is 0.750. The van der Waals surface area contributed by atoms with Crippen molar-refractivity contribution in [1.29, 1.82) is 0 Å². The van der Waals surface area contributed by atoms with Crippen LogP contribution in [0.15, 0.2) is 0 Å². The van der Waals surface area contributed by atoms with Crippen LogP contribution in [0.4, 0.5) is 11.9 Å². The number of morpholine rings is 1. The predicted molar refractivity (Wildman–Crippen MR) is 77.2 cm³/mol. The second-order valence-corrected chi connectivity index (χ2v) is 5.34. The van der Waals surface area contributed by atoms with Crippen molar-refractivity contribution in [2.24, 2.45) is 5.92 Å². The summed E-state index contributed by atoms with van der Waals surface area (Å²) in [5, 5.41) is 12.6. The first kappa shape index (κ1) is 15.2. The Labute approximate surface area is 123 Å². The van der Waals surface area contributed by atoms with Crippen molar-refractivity contribution in [2.45, 2.75) is 19.9 Å². The number of ether oxygens (including phenoxy) is 1. The molecule has 1 unspecified atom stereocenters. The van der Waals surface area contributed by atoms with E-state index in [0.29, 0.717) is 25.1 Å². The zero-order valence-corrected chi connectivity index (χ0v) is 12.5. The zero-order valence-electron chi connectivity index (χ0n) is 11.7. The molecular weight excluding hydrogens is 282 g/mol. The van der Waals surface area contributed by atoms with Gasteiger partial charge in [-0.25, -0.2) is 0 Å². The molecule has 1 saturated heterocycles. The largest absolute Gasteiger partial charge is 0.394 e. The molecule has 112 valence electrons. The van der Waals surface area contributed by atoms with E-state index in [4.69, 9.17) is 16.3 Å². The van der Waals surface area contributed by atoms with E-state index in [9.17, 15) is 5.11 Å². The molecule has 7 nitrogen and oxygen atoms in total. The molecule has 1 atom stereocenters. The second kappa shape index (κ2) is 7.01. The van der Waals surface area contributed by atoms with E-state index >= 15 is 0 Å². The van der Waals surface area contributed by atoms with Gasteiger partial charge in [0.1, 0.15) is 0 Å². The highest BCUT2D eigenvalue weighted by molar-refractivity contribution is 6.28. The van der Waals surface area contributed by atoms with E-state index in [2.05, 4.69) is 20.3 Å². The topological polar surface area (TPSA) is 83.4 Å². The van der Waals surface area contributed by atoms with E-state index in [0.717, 1.165) is 13.1 Å². The standard InChI is InChI=1S/C12H20ClN5O2/c1-8(2)9(7-19)14-11-15-10(13)16-12(17-11)18-3-5-20-6-4-18/h8-9,19H,3-7H2,1-2H3,(H,14,15,16,17). The Kier molecular flexibility index (Phi) is 5.33. The molecule has 1 fully saturated rings. The molecular formula is C12H20ClN5O2. The lowest BCUT2D eigenvalue weighted by Crippen LogP contribution is -2.38. The molecule has 2 N–H and O–H groups in total. The van der Waals surface area contributed by atoms with Gasteiger partial charge in [0.25, 0.3) is 0 Å². The summed E-state index contributed by atoms with van der Waals surface area (Å²) < 4.78 is 5.30. The van der Waals surface area contributed by atoms with Crippen LogP contribution in [0, 0.1) is 5.92 Å². The summed E-state index contributed by atoms with van der Waals surface area (Å²) in [6, 6.07) is -0.119. The first-order valence-electron chi connectivity index (χ1n) is 6.72. The van der Waals surface area contributed by atoms with Crippen molar-refractivity contribution >= 4 is 23.5 Å². The minimum absolute atomic E-state index is 0.00779. The fourth-order valence-electron chi connectivity index (χ4n) is 1.90. The van der Waals surface area contributed by atoms with Gasteiger partial charge in [0, 0.05) is 13.1 Å². The number of aliphatic hydroxyl groups excluding tert-OH is 1. The van der Waals surface area contributed by atoms with Crippen LogP contribution in [0.5, 0.6) is 0 Å². The highest BCUT2D eigenvalue weighted by Crippen LogP contribution is 2.16. The van der Waals surface area contributed by atoms with Gasteiger partial charge in [-0.1, -0.05) is 13.8 Å². The average Bonchev–Trinajstić information content (AvgIpc) is 2.45. The molecule has 8 heteroatoms. The first-order valence-corrected chi connectivity index (χ1v) is 7.09. The number of nitrogens with zero attached hydrogens (tertiary/aromatic N) is 4. The smallest absolute Gasteiger partial charge is 0.231 e. The van der Waals surface area contributed by atoms with Gasteiger partial charge in [-0.05, 0) is 17.5 Å². The summed E-state index contributed by atoms with van der Waals surface area (Å²) in [5.74, 6) is 1.18. The molecule has 0 amide bonds. The molecule has 1 aromatic heterocycles. The monoisotopic (exact) mass is 301 g/mol. The summed E-state index contributed by atoms with van der Waals surface area (Å²) in [6.07, 6.45) is 0. The maximum Gasteiger partial charge on any atom is 0.231 e. The van der Waals surface area contributed by atoms with Crippen LogP contribution in [-0.4, -0.2) is 59.0 Å². The predicted octanol–water partition coefficient (Wildman–Crippen LogP) is 0.790. The van der Waals surface area contributed by atoms with Gasteiger partial charge in [-0.2, -0.15) is 15.0 Å². The molecule has 1 aromatic rings. The molecule has 0 saturated carbocycles. The maximum atomic E-state index is 9.35. The molecule has 0 aromatic carbocycles. The van der Waals surface area contributed by atoms with Crippen molar-refractivity contribution in [3.8, 4) is 0 Å². The number of hydrogen-bond acceptors (Lipinski definition) is 7. The van der Waals surface area contributed by atoms with Crippen molar-refractivity contribution < 1.29 is 9.84 Å². The highest BCUT2D eigenvalue weighted by Gasteiger charge is 2.18. The Hall–Kier alpha value is -1.18.